The zero-order chi connectivity index (χ0) is 17.8. The Morgan fingerprint density at radius 2 is 1.92 bits per heavy atom. The van der Waals surface area contributed by atoms with Gasteiger partial charge in [-0.2, -0.15) is 5.26 Å². The third-order valence-electron chi connectivity index (χ3n) is 4.00. The van der Waals surface area contributed by atoms with E-state index >= 15 is 0 Å². The molecule has 0 aliphatic carbocycles. The van der Waals surface area contributed by atoms with Gasteiger partial charge in [0.2, 0.25) is 6.79 Å². The van der Waals surface area contributed by atoms with E-state index in [1.807, 2.05) is 44.2 Å². The summed E-state index contributed by atoms with van der Waals surface area (Å²) in [4.78, 5) is 12.4. The fourth-order valence-corrected chi connectivity index (χ4v) is 2.53. The van der Waals surface area contributed by atoms with Gasteiger partial charge < -0.3 is 14.8 Å². The number of aryl methyl sites for hydroxylation is 1. The standard InChI is InChI=1S/C20H18N2O3/c1-13-3-6-16(7-4-13)14(2)22-20(23)17(11-21)9-15-5-8-18-19(10-15)25-12-24-18/h3-10,14H,12H2,1-2H3,(H,22,23)/b17-9-/t14-/m1/s1. The van der Waals surface area contributed by atoms with E-state index in [1.54, 1.807) is 24.3 Å². The lowest BCUT2D eigenvalue weighted by molar-refractivity contribution is -0.117. The first-order valence-electron chi connectivity index (χ1n) is 7.95. The van der Waals surface area contributed by atoms with Crippen LogP contribution in [0.25, 0.3) is 6.08 Å². The molecule has 126 valence electrons. The molecule has 1 aliphatic heterocycles. The van der Waals surface area contributed by atoms with Crippen molar-refractivity contribution in [3.8, 4) is 17.6 Å². The molecule has 0 aromatic heterocycles. The van der Waals surface area contributed by atoms with Gasteiger partial charge in [-0.1, -0.05) is 35.9 Å². The number of nitriles is 1. The number of benzene rings is 2. The van der Waals surface area contributed by atoms with Gasteiger partial charge in [-0.3, -0.25) is 4.79 Å². The molecule has 0 fully saturated rings. The number of carbonyl (C=O) groups is 1. The molecule has 5 heteroatoms. The average Bonchev–Trinajstić information content (AvgIpc) is 3.07. The van der Waals surface area contributed by atoms with Gasteiger partial charge in [-0.05, 0) is 43.2 Å². The van der Waals surface area contributed by atoms with Crippen molar-refractivity contribution in [1.29, 1.82) is 5.26 Å². The number of ether oxygens (including phenoxy) is 2. The first-order valence-corrected chi connectivity index (χ1v) is 7.95. The zero-order valence-corrected chi connectivity index (χ0v) is 14.1. The molecule has 3 rings (SSSR count). The summed E-state index contributed by atoms with van der Waals surface area (Å²) in [5.41, 5.74) is 2.89. The van der Waals surface area contributed by atoms with Gasteiger partial charge in [0, 0.05) is 0 Å². The van der Waals surface area contributed by atoms with Crippen LogP contribution in [-0.4, -0.2) is 12.7 Å². The van der Waals surface area contributed by atoms with Crippen LogP contribution in [-0.2, 0) is 4.79 Å². The highest BCUT2D eigenvalue weighted by Crippen LogP contribution is 2.33. The zero-order valence-electron chi connectivity index (χ0n) is 14.1. The average molecular weight is 334 g/mol. The molecule has 0 radical (unpaired) electrons. The fraction of sp³-hybridized carbons (Fsp3) is 0.200. The van der Waals surface area contributed by atoms with Gasteiger partial charge in [0.1, 0.15) is 11.6 Å². The van der Waals surface area contributed by atoms with Crippen LogP contribution in [0.15, 0.2) is 48.0 Å². The first kappa shape index (κ1) is 16.6. The molecule has 0 spiro atoms. The van der Waals surface area contributed by atoms with E-state index in [-0.39, 0.29) is 18.4 Å². The monoisotopic (exact) mass is 334 g/mol. The highest BCUT2D eigenvalue weighted by molar-refractivity contribution is 6.01. The van der Waals surface area contributed by atoms with E-state index in [0.717, 1.165) is 11.1 Å². The number of rotatable bonds is 4. The van der Waals surface area contributed by atoms with Crippen LogP contribution in [0.5, 0.6) is 11.5 Å². The van der Waals surface area contributed by atoms with E-state index in [4.69, 9.17) is 9.47 Å². The summed E-state index contributed by atoms with van der Waals surface area (Å²) in [5, 5.41) is 12.2. The number of hydrogen-bond acceptors (Lipinski definition) is 4. The van der Waals surface area contributed by atoms with Crippen molar-refractivity contribution in [2.45, 2.75) is 19.9 Å². The van der Waals surface area contributed by atoms with Crippen molar-refractivity contribution in [3.63, 3.8) is 0 Å². The van der Waals surface area contributed by atoms with Crippen molar-refractivity contribution in [2.24, 2.45) is 0 Å². The van der Waals surface area contributed by atoms with Crippen LogP contribution in [0.3, 0.4) is 0 Å². The number of nitrogens with one attached hydrogen (secondary N) is 1. The van der Waals surface area contributed by atoms with Crippen LogP contribution in [0, 0.1) is 18.3 Å². The molecule has 1 atom stereocenters. The van der Waals surface area contributed by atoms with E-state index in [1.165, 1.54) is 0 Å². The van der Waals surface area contributed by atoms with E-state index in [2.05, 4.69) is 5.32 Å². The third-order valence-corrected chi connectivity index (χ3v) is 4.00. The summed E-state index contributed by atoms with van der Waals surface area (Å²) in [6.07, 6.45) is 1.54. The molecule has 1 N–H and O–H groups in total. The normalized spacial score (nSPS) is 13.9. The highest BCUT2D eigenvalue weighted by atomic mass is 16.7. The predicted octanol–water partition coefficient (Wildman–Crippen LogP) is 3.51. The van der Waals surface area contributed by atoms with Crippen LogP contribution in [0.1, 0.15) is 29.7 Å². The number of carbonyl (C=O) groups excluding carboxylic acids is 1. The van der Waals surface area contributed by atoms with E-state index in [0.29, 0.717) is 17.1 Å². The van der Waals surface area contributed by atoms with Gasteiger partial charge in [0.15, 0.2) is 11.5 Å². The number of nitrogens with zero attached hydrogens (tertiary/aromatic N) is 1. The Kier molecular flexibility index (Phi) is 4.71. The van der Waals surface area contributed by atoms with Crippen LogP contribution in [0.4, 0.5) is 0 Å². The SMILES string of the molecule is Cc1ccc([C@@H](C)NC(=O)/C(C#N)=C\c2ccc3c(c2)OCO3)cc1. The summed E-state index contributed by atoms with van der Waals surface area (Å²) in [6, 6.07) is 15.0. The van der Waals surface area contributed by atoms with Gasteiger partial charge in [0.05, 0.1) is 6.04 Å². The molecule has 5 nitrogen and oxygen atoms in total. The van der Waals surface area contributed by atoms with Crippen LogP contribution < -0.4 is 14.8 Å². The van der Waals surface area contributed by atoms with Gasteiger partial charge in [-0.15, -0.1) is 0 Å². The van der Waals surface area contributed by atoms with Crippen LogP contribution in [0.2, 0.25) is 0 Å². The van der Waals surface area contributed by atoms with E-state index < -0.39 is 5.91 Å². The summed E-state index contributed by atoms with van der Waals surface area (Å²) in [7, 11) is 0. The summed E-state index contributed by atoms with van der Waals surface area (Å²) in [5.74, 6) is 0.862. The molecule has 0 bridgehead atoms. The number of amides is 1. The van der Waals surface area contributed by atoms with Gasteiger partial charge in [-0.25, -0.2) is 0 Å². The molecule has 25 heavy (non-hydrogen) atoms. The lowest BCUT2D eigenvalue weighted by atomic mass is 10.1. The maximum Gasteiger partial charge on any atom is 0.262 e. The van der Waals surface area contributed by atoms with E-state index in [9.17, 15) is 10.1 Å². The Balaban J connectivity index is 1.75. The predicted molar refractivity (Wildman–Crippen MR) is 93.9 cm³/mol. The molecule has 1 amide bonds. The third kappa shape index (κ3) is 3.81. The van der Waals surface area contributed by atoms with Crippen molar-refractivity contribution in [2.75, 3.05) is 6.79 Å². The molecule has 1 heterocycles. The molecule has 0 unspecified atom stereocenters. The largest absolute Gasteiger partial charge is 0.454 e. The Labute approximate surface area is 146 Å². The Bertz CT molecular complexity index is 864. The molecular weight excluding hydrogens is 316 g/mol. The first-order chi connectivity index (χ1) is 12.1. The van der Waals surface area contributed by atoms with Crippen molar-refractivity contribution < 1.29 is 14.3 Å². The lowest BCUT2D eigenvalue weighted by Crippen LogP contribution is -2.27. The van der Waals surface area contributed by atoms with Gasteiger partial charge >= 0.3 is 0 Å². The second-order valence-corrected chi connectivity index (χ2v) is 5.89. The molecular formula is C20H18N2O3. The Morgan fingerprint density at radius 3 is 2.64 bits per heavy atom. The van der Waals surface area contributed by atoms with Crippen LogP contribution >= 0.6 is 0 Å². The van der Waals surface area contributed by atoms with Crippen molar-refractivity contribution in [3.05, 3.63) is 64.7 Å². The molecule has 2 aromatic rings. The summed E-state index contributed by atoms with van der Waals surface area (Å²) >= 11 is 0. The number of fused-ring (bicyclic) bond motifs is 1. The quantitative estimate of drug-likeness (QED) is 0.686. The summed E-state index contributed by atoms with van der Waals surface area (Å²) in [6.45, 7) is 4.08. The number of hydrogen-bond donors (Lipinski definition) is 1. The highest BCUT2D eigenvalue weighted by Gasteiger charge is 2.16. The maximum atomic E-state index is 12.4. The molecule has 0 saturated carbocycles. The summed E-state index contributed by atoms with van der Waals surface area (Å²) < 4.78 is 10.6. The fourth-order valence-electron chi connectivity index (χ4n) is 2.53. The van der Waals surface area contributed by atoms with Gasteiger partial charge in [0.25, 0.3) is 5.91 Å². The molecule has 2 aromatic carbocycles. The maximum absolute atomic E-state index is 12.4. The minimum atomic E-state index is -0.409. The molecule has 0 saturated heterocycles. The second-order valence-electron chi connectivity index (χ2n) is 5.89. The second kappa shape index (κ2) is 7.10. The lowest BCUT2D eigenvalue weighted by Gasteiger charge is -2.14. The van der Waals surface area contributed by atoms with Crippen molar-refractivity contribution >= 4 is 12.0 Å². The molecule has 1 aliphatic rings. The Hall–Kier alpha value is -3.26. The topological polar surface area (TPSA) is 71.4 Å². The minimum Gasteiger partial charge on any atom is -0.454 e. The van der Waals surface area contributed by atoms with Crippen molar-refractivity contribution in [1.82, 2.24) is 5.32 Å². The minimum absolute atomic E-state index is 0.0397. The Morgan fingerprint density at radius 1 is 1.20 bits per heavy atom. The smallest absolute Gasteiger partial charge is 0.262 e.